The first-order valence-corrected chi connectivity index (χ1v) is 4.51. The molecule has 1 aromatic rings. The molecule has 0 bridgehead atoms. The van der Waals surface area contributed by atoms with Crippen LogP contribution in [0.4, 0.5) is 14.5 Å². The highest BCUT2D eigenvalue weighted by atomic mass is 19.1. The molecule has 0 amide bonds. The SMILES string of the molecule is C=CCN(C)c1c(F)cc(CO)cc1F. The van der Waals surface area contributed by atoms with Gasteiger partial charge in [0.1, 0.15) is 17.3 Å². The van der Waals surface area contributed by atoms with Crippen molar-refractivity contribution in [2.45, 2.75) is 6.61 Å². The number of rotatable bonds is 4. The molecule has 0 unspecified atom stereocenters. The van der Waals surface area contributed by atoms with Crippen molar-refractivity contribution in [3.05, 3.63) is 42.0 Å². The summed E-state index contributed by atoms with van der Waals surface area (Å²) in [6.07, 6.45) is 1.55. The number of hydrogen-bond acceptors (Lipinski definition) is 2. The van der Waals surface area contributed by atoms with Crippen molar-refractivity contribution in [1.82, 2.24) is 0 Å². The average molecular weight is 213 g/mol. The lowest BCUT2D eigenvalue weighted by atomic mass is 10.2. The van der Waals surface area contributed by atoms with Gasteiger partial charge in [-0.1, -0.05) is 6.08 Å². The van der Waals surface area contributed by atoms with Gasteiger partial charge < -0.3 is 10.0 Å². The van der Waals surface area contributed by atoms with E-state index in [2.05, 4.69) is 6.58 Å². The standard InChI is InChI=1S/C11H13F2NO/c1-3-4-14(2)11-9(12)5-8(7-15)6-10(11)13/h3,5-6,15H,1,4,7H2,2H3. The zero-order valence-electron chi connectivity index (χ0n) is 8.50. The Morgan fingerprint density at radius 1 is 1.40 bits per heavy atom. The summed E-state index contributed by atoms with van der Waals surface area (Å²) in [4.78, 5) is 1.42. The number of nitrogens with zero attached hydrogens (tertiary/aromatic N) is 1. The molecule has 0 atom stereocenters. The molecule has 0 saturated carbocycles. The molecule has 1 N–H and O–H groups in total. The minimum absolute atomic E-state index is 0.105. The molecule has 15 heavy (non-hydrogen) atoms. The van der Waals surface area contributed by atoms with Crippen LogP contribution in [0.5, 0.6) is 0 Å². The maximum absolute atomic E-state index is 13.4. The van der Waals surface area contributed by atoms with E-state index in [-0.39, 0.29) is 17.9 Å². The Morgan fingerprint density at radius 2 is 1.93 bits per heavy atom. The molecule has 0 aliphatic carbocycles. The lowest BCUT2D eigenvalue weighted by Gasteiger charge is -2.19. The predicted octanol–water partition coefficient (Wildman–Crippen LogP) is 2.08. The molecule has 0 saturated heterocycles. The average Bonchev–Trinajstić information content (AvgIpc) is 2.16. The van der Waals surface area contributed by atoms with Crippen molar-refractivity contribution in [2.24, 2.45) is 0 Å². The van der Waals surface area contributed by atoms with E-state index in [0.29, 0.717) is 6.54 Å². The summed E-state index contributed by atoms with van der Waals surface area (Å²) in [5.74, 6) is -1.35. The number of likely N-dealkylation sites (N-methyl/N-ethyl adjacent to an activating group) is 1. The fraction of sp³-hybridized carbons (Fsp3) is 0.273. The molecule has 0 aliphatic heterocycles. The van der Waals surface area contributed by atoms with Crippen LogP contribution in [0.3, 0.4) is 0 Å². The molecule has 82 valence electrons. The van der Waals surface area contributed by atoms with Crippen molar-refractivity contribution < 1.29 is 13.9 Å². The van der Waals surface area contributed by atoms with Crippen LogP contribution in [0.2, 0.25) is 0 Å². The van der Waals surface area contributed by atoms with Crippen LogP contribution in [0.15, 0.2) is 24.8 Å². The Morgan fingerprint density at radius 3 is 2.33 bits per heavy atom. The van der Waals surface area contributed by atoms with E-state index in [4.69, 9.17) is 5.11 Å². The molecule has 1 aromatic carbocycles. The summed E-state index contributed by atoms with van der Waals surface area (Å²) in [7, 11) is 1.57. The van der Waals surface area contributed by atoms with Gasteiger partial charge in [0, 0.05) is 13.6 Å². The van der Waals surface area contributed by atoms with Crippen LogP contribution in [0.1, 0.15) is 5.56 Å². The maximum atomic E-state index is 13.4. The number of halogens is 2. The number of hydrogen-bond donors (Lipinski definition) is 1. The van der Waals surface area contributed by atoms with Crippen LogP contribution in [0, 0.1) is 11.6 Å². The highest BCUT2D eigenvalue weighted by Gasteiger charge is 2.13. The normalized spacial score (nSPS) is 10.1. The summed E-state index contributed by atoms with van der Waals surface area (Å²) >= 11 is 0. The third-order valence-corrected chi connectivity index (χ3v) is 2.04. The molecule has 4 heteroatoms. The topological polar surface area (TPSA) is 23.5 Å². The van der Waals surface area contributed by atoms with Gasteiger partial charge in [-0.05, 0) is 17.7 Å². The lowest BCUT2D eigenvalue weighted by Crippen LogP contribution is -2.19. The van der Waals surface area contributed by atoms with Crippen molar-refractivity contribution in [3.63, 3.8) is 0 Å². The first-order chi connectivity index (χ1) is 7.10. The number of benzene rings is 1. The van der Waals surface area contributed by atoms with Crippen LogP contribution in [0.25, 0.3) is 0 Å². The molecule has 0 radical (unpaired) electrons. The summed E-state index contributed by atoms with van der Waals surface area (Å²) in [6, 6.07) is 2.25. The summed E-state index contributed by atoms with van der Waals surface area (Å²) in [5.41, 5.74) is 0.118. The van der Waals surface area contributed by atoms with E-state index < -0.39 is 11.6 Å². The van der Waals surface area contributed by atoms with Gasteiger partial charge in [0.15, 0.2) is 0 Å². The van der Waals surface area contributed by atoms with E-state index in [1.165, 1.54) is 4.90 Å². The Bertz CT molecular complexity index is 343. The second kappa shape index (κ2) is 4.89. The second-order valence-electron chi connectivity index (χ2n) is 3.24. The quantitative estimate of drug-likeness (QED) is 0.774. The molecular formula is C11H13F2NO. The van der Waals surface area contributed by atoms with Crippen molar-refractivity contribution in [2.75, 3.05) is 18.5 Å². The number of aliphatic hydroxyl groups excluding tert-OH is 1. The molecule has 0 aromatic heterocycles. The highest BCUT2D eigenvalue weighted by Crippen LogP contribution is 2.23. The highest BCUT2D eigenvalue weighted by molar-refractivity contribution is 5.50. The first-order valence-electron chi connectivity index (χ1n) is 4.51. The van der Waals surface area contributed by atoms with Crippen LogP contribution in [-0.2, 0) is 6.61 Å². The van der Waals surface area contributed by atoms with Crippen molar-refractivity contribution in [3.8, 4) is 0 Å². The molecule has 0 fully saturated rings. The van der Waals surface area contributed by atoms with Gasteiger partial charge in [0.25, 0.3) is 0 Å². The summed E-state index contributed by atoms with van der Waals surface area (Å²) in [6.45, 7) is 3.47. The Balaban J connectivity index is 3.12. The lowest BCUT2D eigenvalue weighted by molar-refractivity contribution is 0.280. The molecular weight excluding hydrogens is 200 g/mol. The van der Waals surface area contributed by atoms with Gasteiger partial charge in [-0.15, -0.1) is 6.58 Å². The number of anilines is 1. The van der Waals surface area contributed by atoms with E-state index in [1.807, 2.05) is 0 Å². The van der Waals surface area contributed by atoms with Crippen LogP contribution in [-0.4, -0.2) is 18.7 Å². The maximum Gasteiger partial charge on any atom is 0.149 e. The zero-order chi connectivity index (χ0) is 11.4. The van der Waals surface area contributed by atoms with E-state index in [1.54, 1.807) is 13.1 Å². The second-order valence-corrected chi connectivity index (χ2v) is 3.24. The van der Waals surface area contributed by atoms with Crippen molar-refractivity contribution >= 4 is 5.69 Å². The minimum Gasteiger partial charge on any atom is -0.392 e. The Kier molecular flexibility index (Phi) is 3.80. The fourth-order valence-electron chi connectivity index (χ4n) is 1.36. The Labute approximate surface area is 87.5 Å². The van der Waals surface area contributed by atoms with E-state index in [0.717, 1.165) is 12.1 Å². The summed E-state index contributed by atoms with van der Waals surface area (Å²) in [5, 5.41) is 8.76. The fourth-order valence-corrected chi connectivity index (χ4v) is 1.36. The van der Waals surface area contributed by atoms with Gasteiger partial charge in [-0.3, -0.25) is 0 Å². The molecule has 0 aliphatic rings. The van der Waals surface area contributed by atoms with Gasteiger partial charge in [-0.2, -0.15) is 0 Å². The largest absolute Gasteiger partial charge is 0.392 e. The van der Waals surface area contributed by atoms with Crippen molar-refractivity contribution in [1.29, 1.82) is 0 Å². The third kappa shape index (κ3) is 2.53. The predicted molar refractivity (Wildman–Crippen MR) is 55.7 cm³/mol. The van der Waals surface area contributed by atoms with Gasteiger partial charge in [0.2, 0.25) is 0 Å². The molecule has 2 nitrogen and oxygen atoms in total. The number of aliphatic hydroxyl groups is 1. The first kappa shape index (κ1) is 11.7. The van der Waals surface area contributed by atoms with Gasteiger partial charge >= 0.3 is 0 Å². The Hall–Kier alpha value is -1.42. The van der Waals surface area contributed by atoms with E-state index >= 15 is 0 Å². The molecule has 0 spiro atoms. The van der Waals surface area contributed by atoms with Gasteiger partial charge in [0.05, 0.1) is 6.61 Å². The zero-order valence-corrected chi connectivity index (χ0v) is 8.50. The molecule has 0 heterocycles. The van der Waals surface area contributed by atoms with Gasteiger partial charge in [-0.25, -0.2) is 8.78 Å². The van der Waals surface area contributed by atoms with Crippen LogP contribution >= 0.6 is 0 Å². The monoisotopic (exact) mass is 213 g/mol. The van der Waals surface area contributed by atoms with E-state index in [9.17, 15) is 8.78 Å². The molecule has 1 rings (SSSR count). The summed E-state index contributed by atoms with van der Waals surface area (Å²) < 4.78 is 26.9. The third-order valence-electron chi connectivity index (χ3n) is 2.04. The van der Waals surface area contributed by atoms with Crippen LogP contribution < -0.4 is 4.90 Å². The smallest absolute Gasteiger partial charge is 0.149 e. The minimum atomic E-state index is -0.677.